The molecule has 0 bridgehead atoms. The Morgan fingerprint density at radius 3 is 2.72 bits per heavy atom. The Labute approximate surface area is 147 Å². The Morgan fingerprint density at radius 2 is 2.00 bits per heavy atom. The van der Waals surface area contributed by atoms with Crippen LogP contribution >= 0.6 is 0 Å². The van der Waals surface area contributed by atoms with E-state index in [9.17, 15) is 14.7 Å². The Morgan fingerprint density at radius 1 is 1.24 bits per heavy atom. The van der Waals surface area contributed by atoms with E-state index < -0.39 is 0 Å². The van der Waals surface area contributed by atoms with Gasteiger partial charge in [-0.25, -0.2) is 0 Å². The van der Waals surface area contributed by atoms with E-state index in [0.29, 0.717) is 19.5 Å². The van der Waals surface area contributed by atoms with Gasteiger partial charge in [0.05, 0.1) is 5.92 Å². The number of phenols is 1. The number of amides is 2. The van der Waals surface area contributed by atoms with Crippen molar-refractivity contribution in [2.24, 2.45) is 5.92 Å². The van der Waals surface area contributed by atoms with Gasteiger partial charge in [0.2, 0.25) is 11.8 Å². The summed E-state index contributed by atoms with van der Waals surface area (Å²) in [6.45, 7) is 2.90. The molecular weight excluding hydrogens is 316 g/mol. The minimum Gasteiger partial charge on any atom is -0.508 e. The Kier molecular flexibility index (Phi) is 5.03. The molecule has 1 saturated heterocycles. The molecule has 1 atom stereocenters. The molecule has 130 valence electrons. The second kappa shape index (κ2) is 7.38. The minimum absolute atomic E-state index is 0.0167. The SMILES string of the molecule is Cc1ccc(N2C[C@@H](C(=O)NCCc3cccc(O)c3)CC2=O)cc1. The van der Waals surface area contributed by atoms with Crippen LogP contribution in [-0.4, -0.2) is 30.0 Å². The lowest BCUT2D eigenvalue weighted by atomic mass is 10.1. The summed E-state index contributed by atoms with van der Waals surface area (Å²) < 4.78 is 0. The lowest BCUT2D eigenvalue weighted by Crippen LogP contribution is -2.34. The van der Waals surface area contributed by atoms with Crippen molar-refractivity contribution < 1.29 is 14.7 Å². The number of hydrogen-bond donors (Lipinski definition) is 2. The first-order valence-corrected chi connectivity index (χ1v) is 8.45. The zero-order valence-electron chi connectivity index (χ0n) is 14.2. The number of benzene rings is 2. The van der Waals surface area contributed by atoms with E-state index in [-0.39, 0.29) is 29.9 Å². The number of aromatic hydroxyl groups is 1. The van der Waals surface area contributed by atoms with Crippen molar-refractivity contribution in [2.45, 2.75) is 19.8 Å². The van der Waals surface area contributed by atoms with Gasteiger partial charge in [0, 0.05) is 25.2 Å². The first-order valence-electron chi connectivity index (χ1n) is 8.45. The summed E-state index contributed by atoms with van der Waals surface area (Å²) in [7, 11) is 0. The smallest absolute Gasteiger partial charge is 0.227 e. The molecule has 1 aliphatic rings. The number of aryl methyl sites for hydroxylation is 1. The number of nitrogens with one attached hydrogen (secondary N) is 1. The second-order valence-electron chi connectivity index (χ2n) is 6.45. The fraction of sp³-hybridized carbons (Fsp3) is 0.300. The number of anilines is 1. The van der Waals surface area contributed by atoms with Crippen molar-refractivity contribution in [1.82, 2.24) is 5.32 Å². The Bertz CT molecular complexity index is 771. The third-order valence-electron chi connectivity index (χ3n) is 4.46. The van der Waals surface area contributed by atoms with Crippen LogP contribution < -0.4 is 10.2 Å². The van der Waals surface area contributed by atoms with Gasteiger partial charge in [-0.2, -0.15) is 0 Å². The lowest BCUT2D eigenvalue weighted by molar-refractivity contribution is -0.126. The molecule has 5 nitrogen and oxygen atoms in total. The highest BCUT2D eigenvalue weighted by molar-refractivity contribution is 6.00. The number of nitrogens with zero attached hydrogens (tertiary/aromatic N) is 1. The summed E-state index contributed by atoms with van der Waals surface area (Å²) in [6.07, 6.45) is 0.883. The molecule has 1 fully saturated rings. The predicted molar refractivity (Wildman–Crippen MR) is 96.5 cm³/mol. The van der Waals surface area contributed by atoms with Crippen LogP contribution in [0.4, 0.5) is 5.69 Å². The highest BCUT2D eigenvalue weighted by Crippen LogP contribution is 2.25. The average molecular weight is 338 g/mol. The van der Waals surface area contributed by atoms with E-state index in [2.05, 4.69) is 5.32 Å². The van der Waals surface area contributed by atoms with Crippen molar-refractivity contribution in [3.63, 3.8) is 0 Å². The maximum Gasteiger partial charge on any atom is 0.227 e. The molecule has 0 unspecified atom stereocenters. The number of rotatable bonds is 5. The van der Waals surface area contributed by atoms with E-state index in [0.717, 1.165) is 16.8 Å². The largest absolute Gasteiger partial charge is 0.508 e. The van der Waals surface area contributed by atoms with Crippen LogP contribution in [0.25, 0.3) is 0 Å². The molecule has 0 aromatic heterocycles. The molecule has 2 aromatic rings. The van der Waals surface area contributed by atoms with Gasteiger partial charge in [-0.1, -0.05) is 29.8 Å². The van der Waals surface area contributed by atoms with Crippen molar-refractivity contribution >= 4 is 17.5 Å². The normalized spacial score (nSPS) is 16.9. The number of hydrogen-bond acceptors (Lipinski definition) is 3. The van der Waals surface area contributed by atoms with Crippen LogP contribution in [0.15, 0.2) is 48.5 Å². The Balaban J connectivity index is 1.53. The highest BCUT2D eigenvalue weighted by atomic mass is 16.3. The molecule has 5 heteroatoms. The Hall–Kier alpha value is -2.82. The average Bonchev–Trinajstić information content (AvgIpc) is 2.97. The van der Waals surface area contributed by atoms with E-state index in [1.54, 1.807) is 23.1 Å². The van der Waals surface area contributed by atoms with Crippen LogP contribution in [-0.2, 0) is 16.0 Å². The molecule has 2 aromatic carbocycles. The third-order valence-corrected chi connectivity index (χ3v) is 4.46. The number of phenolic OH excluding ortho intramolecular Hbond substituents is 1. The van der Waals surface area contributed by atoms with Crippen LogP contribution in [0, 0.1) is 12.8 Å². The molecule has 0 aliphatic carbocycles. The highest BCUT2D eigenvalue weighted by Gasteiger charge is 2.34. The van der Waals surface area contributed by atoms with Gasteiger partial charge in [-0.3, -0.25) is 9.59 Å². The fourth-order valence-corrected chi connectivity index (χ4v) is 3.04. The fourth-order valence-electron chi connectivity index (χ4n) is 3.04. The van der Waals surface area contributed by atoms with Gasteiger partial charge < -0.3 is 15.3 Å². The molecule has 0 saturated carbocycles. The van der Waals surface area contributed by atoms with Crippen molar-refractivity contribution in [2.75, 3.05) is 18.0 Å². The first kappa shape index (κ1) is 17.0. The van der Waals surface area contributed by atoms with Gasteiger partial charge in [0.1, 0.15) is 5.75 Å². The van der Waals surface area contributed by atoms with Gasteiger partial charge in [0.15, 0.2) is 0 Å². The molecule has 1 heterocycles. The molecule has 3 rings (SSSR count). The first-order chi connectivity index (χ1) is 12.0. The summed E-state index contributed by atoms with van der Waals surface area (Å²) in [5.41, 5.74) is 2.94. The van der Waals surface area contributed by atoms with E-state index in [1.807, 2.05) is 37.3 Å². The summed E-state index contributed by atoms with van der Waals surface area (Å²) >= 11 is 0. The van der Waals surface area contributed by atoms with Gasteiger partial charge in [0.25, 0.3) is 0 Å². The molecule has 2 N–H and O–H groups in total. The zero-order chi connectivity index (χ0) is 17.8. The molecule has 2 amide bonds. The minimum atomic E-state index is -0.321. The van der Waals surface area contributed by atoms with Crippen LogP contribution in [0.2, 0.25) is 0 Å². The van der Waals surface area contributed by atoms with Crippen molar-refractivity contribution in [3.05, 3.63) is 59.7 Å². The summed E-state index contributed by atoms with van der Waals surface area (Å²) in [5, 5.41) is 12.3. The summed E-state index contributed by atoms with van der Waals surface area (Å²) in [6, 6.07) is 14.7. The van der Waals surface area contributed by atoms with Gasteiger partial charge in [-0.05, 0) is 43.2 Å². The molecular formula is C20H22N2O3. The maximum atomic E-state index is 12.3. The van der Waals surface area contributed by atoms with E-state index in [4.69, 9.17) is 0 Å². The number of carbonyl (C=O) groups is 2. The van der Waals surface area contributed by atoms with Gasteiger partial charge >= 0.3 is 0 Å². The van der Waals surface area contributed by atoms with Crippen molar-refractivity contribution in [1.29, 1.82) is 0 Å². The van der Waals surface area contributed by atoms with Crippen molar-refractivity contribution in [3.8, 4) is 5.75 Å². The quantitative estimate of drug-likeness (QED) is 0.880. The predicted octanol–water partition coefficient (Wildman–Crippen LogP) is 2.41. The van der Waals surface area contributed by atoms with Crippen LogP contribution in [0.5, 0.6) is 5.75 Å². The molecule has 0 radical (unpaired) electrons. The van der Waals surface area contributed by atoms with E-state index in [1.165, 1.54) is 0 Å². The lowest BCUT2D eigenvalue weighted by Gasteiger charge is -2.17. The maximum absolute atomic E-state index is 12.3. The number of carbonyl (C=O) groups excluding carboxylic acids is 2. The third kappa shape index (κ3) is 4.18. The second-order valence-corrected chi connectivity index (χ2v) is 6.45. The monoisotopic (exact) mass is 338 g/mol. The molecule has 1 aliphatic heterocycles. The van der Waals surface area contributed by atoms with Gasteiger partial charge in [-0.15, -0.1) is 0 Å². The molecule has 25 heavy (non-hydrogen) atoms. The summed E-state index contributed by atoms with van der Waals surface area (Å²) in [4.78, 5) is 26.2. The summed E-state index contributed by atoms with van der Waals surface area (Å²) in [5.74, 6) is -0.211. The van der Waals surface area contributed by atoms with Crippen LogP contribution in [0.1, 0.15) is 17.5 Å². The standard InChI is InChI=1S/C20H22N2O3/c1-14-5-7-17(8-6-14)22-13-16(12-19(22)24)20(25)21-10-9-15-3-2-4-18(23)11-15/h2-8,11,16,23H,9-10,12-13H2,1H3,(H,21,25)/t16-/m0/s1. The zero-order valence-corrected chi connectivity index (χ0v) is 14.2. The molecule has 0 spiro atoms. The van der Waals surface area contributed by atoms with E-state index >= 15 is 0 Å². The topological polar surface area (TPSA) is 69.6 Å². The van der Waals surface area contributed by atoms with Crippen LogP contribution in [0.3, 0.4) is 0 Å².